The summed E-state index contributed by atoms with van der Waals surface area (Å²) >= 11 is 0. The second-order valence-electron chi connectivity index (χ2n) is 4.00. The number of hydrogen-bond donors (Lipinski definition) is 3. The maximum Gasteiger partial charge on any atom is 0.107 e. The van der Waals surface area contributed by atoms with E-state index in [1.54, 1.807) is 0 Å². The van der Waals surface area contributed by atoms with Gasteiger partial charge in [-0.3, -0.25) is 0 Å². The van der Waals surface area contributed by atoms with Crippen molar-refractivity contribution in [3.05, 3.63) is 22.3 Å². The van der Waals surface area contributed by atoms with Gasteiger partial charge in [0.05, 0.1) is 0 Å². The maximum atomic E-state index is 9.75. The SMILES string of the molecule is CC1=c2cc(C)[nH]c2=C(C)C(O)C1O. The van der Waals surface area contributed by atoms with Crippen molar-refractivity contribution in [2.24, 2.45) is 0 Å². The van der Waals surface area contributed by atoms with Crippen LogP contribution in [0.4, 0.5) is 0 Å². The van der Waals surface area contributed by atoms with E-state index in [1.165, 1.54) is 0 Å². The quantitative estimate of drug-likeness (QED) is 0.515. The van der Waals surface area contributed by atoms with E-state index >= 15 is 0 Å². The van der Waals surface area contributed by atoms with Crippen molar-refractivity contribution < 1.29 is 10.2 Å². The average Bonchev–Trinajstić information content (AvgIpc) is 2.54. The van der Waals surface area contributed by atoms with Crippen LogP contribution in [0.15, 0.2) is 6.07 Å². The van der Waals surface area contributed by atoms with Crippen molar-refractivity contribution >= 4 is 11.1 Å². The average molecular weight is 193 g/mol. The molecule has 1 aromatic heterocycles. The predicted octanol–water partition coefficient (Wildman–Crippen LogP) is -0.600. The molecule has 3 nitrogen and oxygen atoms in total. The van der Waals surface area contributed by atoms with Crippen molar-refractivity contribution in [3.63, 3.8) is 0 Å². The number of rotatable bonds is 0. The van der Waals surface area contributed by atoms with E-state index in [0.29, 0.717) is 0 Å². The molecule has 0 aromatic carbocycles. The molecule has 0 saturated carbocycles. The summed E-state index contributed by atoms with van der Waals surface area (Å²) in [5, 5.41) is 21.5. The van der Waals surface area contributed by atoms with Gasteiger partial charge in [-0.1, -0.05) is 0 Å². The van der Waals surface area contributed by atoms with Gasteiger partial charge < -0.3 is 15.2 Å². The van der Waals surface area contributed by atoms with Gasteiger partial charge in [-0.05, 0) is 38.0 Å². The van der Waals surface area contributed by atoms with Crippen LogP contribution in [0.3, 0.4) is 0 Å². The summed E-state index contributed by atoms with van der Waals surface area (Å²) in [4.78, 5) is 3.20. The Hall–Kier alpha value is -1.06. The maximum absolute atomic E-state index is 9.75. The molecular weight excluding hydrogens is 178 g/mol. The molecule has 0 spiro atoms. The van der Waals surface area contributed by atoms with E-state index in [-0.39, 0.29) is 0 Å². The molecule has 0 amide bonds. The van der Waals surface area contributed by atoms with E-state index in [9.17, 15) is 10.2 Å². The Morgan fingerprint density at radius 2 is 1.64 bits per heavy atom. The van der Waals surface area contributed by atoms with Gasteiger partial charge >= 0.3 is 0 Å². The molecule has 0 aliphatic heterocycles. The van der Waals surface area contributed by atoms with Crippen molar-refractivity contribution in [3.8, 4) is 0 Å². The van der Waals surface area contributed by atoms with Crippen LogP contribution in [-0.4, -0.2) is 27.4 Å². The smallest absolute Gasteiger partial charge is 0.107 e. The third-order valence-corrected chi connectivity index (χ3v) is 2.96. The normalized spacial score (nSPS) is 26.6. The van der Waals surface area contributed by atoms with Gasteiger partial charge in [0, 0.05) is 16.3 Å². The molecule has 2 rings (SSSR count). The lowest BCUT2D eigenvalue weighted by molar-refractivity contribution is 0.0892. The minimum atomic E-state index is -0.777. The summed E-state index contributed by atoms with van der Waals surface area (Å²) in [6, 6.07) is 2.00. The van der Waals surface area contributed by atoms with Gasteiger partial charge in [-0.25, -0.2) is 0 Å². The monoisotopic (exact) mass is 193 g/mol. The highest BCUT2D eigenvalue weighted by molar-refractivity contribution is 5.61. The zero-order chi connectivity index (χ0) is 10.5. The lowest BCUT2D eigenvalue weighted by Gasteiger charge is -2.22. The molecule has 2 atom stereocenters. The molecule has 1 heterocycles. The number of aryl methyl sites for hydroxylation is 1. The van der Waals surface area contributed by atoms with Crippen LogP contribution in [0, 0.1) is 6.92 Å². The van der Waals surface area contributed by atoms with E-state index in [1.807, 2.05) is 26.8 Å². The van der Waals surface area contributed by atoms with Gasteiger partial charge in [-0.15, -0.1) is 0 Å². The lowest BCUT2D eigenvalue weighted by Crippen LogP contribution is -2.43. The number of hydrogen-bond acceptors (Lipinski definition) is 2. The Bertz CT molecular complexity index is 440. The minimum Gasteiger partial charge on any atom is -0.386 e. The summed E-state index contributed by atoms with van der Waals surface area (Å²) in [5.74, 6) is 0. The first-order valence-corrected chi connectivity index (χ1v) is 4.75. The highest BCUT2D eigenvalue weighted by Crippen LogP contribution is 2.15. The van der Waals surface area contributed by atoms with E-state index in [0.717, 1.165) is 27.4 Å². The zero-order valence-electron chi connectivity index (χ0n) is 8.63. The van der Waals surface area contributed by atoms with Crippen molar-refractivity contribution in [2.75, 3.05) is 0 Å². The molecule has 0 radical (unpaired) electrons. The number of fused-ring (bicyclic) bond motifs is 1. The molecular formula is C11H15NO2. The predicted molar refractivity (Wildman–Crippen MR) is 55.0 cm³/mol. The number of H-pyrrole nitrogens is 1. The standard InChI is InChI=1S/C11H15NO2/c1-5-4-8-6(2)10(13)11(14)7(3)9(8)12-5/h4,10-14H,1-3H3. The van der Waals surface area contributed by atoms with Gasteiger partial charge in [-0.2, -0.15) is 0 Å². The van der Waals surface area contributed by atoms with Crippen LogP contribution in [0.25, 0.3) is 11.1 Å². The number of aliphatic hydroxyl groups is 2. The molecule has 3 heteroatoms. The Kier molecular flexibility index (Phi) is 2.01. The van der Waals surface area contributed by atoms with Gasteiger partial charge in [0.2, 0.25) is 0 Å². The van der Waals surface area contributed by atoms with Crippen molar-refractivity contribution in [1.82, 2.24) is 4.98 Å². The van der Waals surface area contributed by atoms with Gasteiger partial charge in [0.25, 0.3) is 0 Å². The lowest BCUT2D eigenvalue weighted by atomic mass is 9.94. The summed E-state index contributed by atoms with van der Waals surface area (Å²) in [5.41, 5.74) is 2.70. The fraction of sp³-hybridized carbons (Fsp3) is 0.455. The number of aromatic nitrogens is 1. The van der Waals surface area contributed by atoms with Crippen molar-refractivity contribution in [2.45, 2.75) is 33.0 Å². The zero-order valence-corrected chi connectivity index (χ0v) is 8.63. The van der Waals surface area contributed by atoms with E-state index < -0.39 is 12.2 Å². The fourth-order valence-electron chi connectivity index (χ4n) is 1.99. The number of nitrogens with one attached hydrogen (secondary N) is 1. The summed E-state index contributed by atoms with van der Waals surface area (Å²) < 4.78 is 0. The first kappa shape index (κ1) is 9.49. The summed E-state index contributed by atoms with van der Waals surface area (Å²) in [6.07, 6.45) is -1.54. The molecule has 76 valence electrons. The van der Waals surface area contributed by atoms with Crippen LogP contribution in [0.5, 0.6) is 0 Å². The highest BCUT2D eigenvalue weighted by Gasteiger charge is 2.25. The topological polar surface area (TPSA) is 56.2 Å². The molecule has 14 heavy (non-hydrogen) atoms. The molecule has 1 aliphatic carbocycles. The minimum absolute atomic E-state index is 0.766. The molecule has 1 aromatic rings. The summed E-state index contributed by atoms with van der Waals surface area (Å²) in [7, 11) is 0. The fourth-order valence-corrected chi connectivity index (χ4v) is 1.99. The molecule has 0 bridgehead atoms. The van der Waals surface area contributed by atoms with Crippen LogP contribution < -0.4 is 10.6 Å². The van der Waals surface area contributed by atoms with E-state index in [4.69, 9.17) is 0 Å². The Labute approximate surface area is 82.4 Å². The highest BCUT2D eigenvalue weighted by atomic mass is 16.3. The molecule has 0 fully saturated rings. The number of aliphatic hydroxyl groups excluding tert-OH is 2. The third kappa shape index (κ3) is 1.13. The van der Waals surface area contributed by atoms with Crippen molar-refractivity contribution in [1.29, 1.82) is 0 Å². The molecule has 2 unspecified atom stereocenters. The van der Waals surface area contributed by atoms with Crippen LogP contribution in [-0.2, 0) is 0 Å². The third-order valence-electron chi connectivity index (χ3n) is 2.96. The molecule has 1 aliphatic rings. The Morgan fingerprint density at radius 3 is 2.29 bits per heavy atom. The van der Waals surface area contributed by atoms with E-state index in [2.05, 4.69) is 4.98 Å². The van der Waals surface area contributed by atoms with Crippen LogP contribution in [0.2, 0.25) is 0 Å². The Balaban J connectivity index is 2.90. The first-order chi connectivity index (χ1) is 6.52. The van der Waals surface area contributed by atoms with Gasteiger partial charge in [0.1, 0.15) is 12.2 Å². The first-order valence-electron chi connectivity index (χ1n) is 4.75. The summed E-state index contributed by atoms with van der Waals surface area (Å²) in [6.45, 7) is 5.67. The van der Waals surface area contributed by atoms with Crippen LogP contribution >= 0.6 is 0 Å². The largest absolute Gasteiger partial charge is 0.386 e. The van der Waals surface area contributed by atoms with Gasteiger partial charge in [0.15, 0.2) is 0 Å². The Morgan fingerprint density at radius 1 is 1.07 bits per heavy atom. The second kappa shape index (κ2) is 2.97. The second-order valence-corrected chi connectivity index (χ2v) is 4.00. The van der Waals surface area contributed by atoms with Crippen LogP contribution in [0.1, 0.15) is 19.5 Å². The number of aromatic amines is 1. The molecule has 3 N–H and O–H groups in total. The molecule has 0 saturated heterocycles.